The summed E-state index contributed by atoms with van der Waals surface area (Å²) in [5.41, 5.74) is 3.20. The third-order valence-corrected chi connectivity index (χ3v) is 7.44. The number of esters is 1. The molecular weight excluding hydrogens is 496 g/mol. The van der Waals surface area contributed by atoms with Gasteiger partial charge in [0.2, 0.25) is 0 Å². The minimum Gasteiger partial charge on any atom is -0.490 e. The molecule has 39 heavy (non-hydrogen) atoms. The molecule has 1 saturated heterocycles. The van der Waals surface area contributed by atoms with Crippen molar-refractivity contribution in [2.24, 2.45) is 0 Å². The van der Waals surface area contributed by atoms with Crippen LogP contribution in [0.4, 0.5) is 0 Å². The minimum absolute atomic E-state index is 0.0316. The van der Waals surface area contributed by atoms with Crippen molar-refractivity contribution in [2.75, 3.05) is 31.9 Å². The predicted octanol–water partition coefficient (Wildman–Crippen LogP) is 5.25. The fourth-order valence-electron chi connectivity index (χ4n) is 5.56. The van der Waals surface area contributed by atoms with Gasteiger partial charge >= 0.3 is 5.97 Å². The summed E-state index contributed by atoms with van der Waals surface area (Å²) in [6.45, 7) is 7.78. The monoisotopic (exact) mass is 532 g/mol. The molecule has 2 aliphatic heterocycles. The molecule has 3 heterocycles. The van der Waals surface area contributed by atoms with Crippen LogP contribution in [0.5, 0.6) is 11.5 Å². The Bertz CT molecular complexity index is 1400. The quantitative estimate of drug-likeness (QED) is 0.261. The number of pyridine rings is 1. The Morgan fingerprint density at radius 2 is 1.82 bits per heavy atom. The highest BCUT2D eigenvalue weighted by atomic mass is 16.5. The molecule has 1 aromatic heterocycles. The summed E-state index contributed by atoms with van der Waals surface area (Å²) in [6, 6.07) is 15.6. The van der Waals surface area contributed by atoms with E-state index in [2.05, 4.69) is 24.9 Å². The number of fused-ring (bicyclic) bond motifs is 6. The van der Waals surface area contributed by atoms with Crippen LogP contribution < -0.4 is 19.9 Å². The maximum atomic E-state index is 13.1. The number of benzene rings is 2. The number of rotatable bonds is 10. The molecule has 0 bridgehead atoms. The summed E-state index contributed by atoms with van der Waals surface area (Å²) < 4.78 is 24.9. The topological polar surface area (TPSA) is 79.2 Å². The molecule has 3 aromatic rings. The summed E-state index contributed by atoms with van der Waals surface area (Å²) in [7, 11) is 1.68. The van der Waals surface area contributed by atoms with Crippen molar-refractivity contribution in [3.8, 4) is 22.8 Å². The molecular formula is C31H36N2O6. The van der Waals surface area contributed by atoms with Gasteiger partial charge in [-0.3, -0.25) is 14.5 Å². The Hall–Kier alpha value is -3.78. The summed E-state index contributed by atoms with van der Waals surface area (Å²) in [6.07, 6.45) is 4.27. The average molecular weight is 533 g/mol. The van der Waals surface area contributed by atoms with Gasteiger partial charge in [0, 0.05) is 38.0 Å². The highest BCUT2D eigenvalue weighted by Crippen LogP contribution is 2.50. The molecule has 0 N–H and O–H groups in total. The molecule has 8 heteroatoms. The molecule has 0 spiro atoms. The van der Waals surface area contributed by atoms with Crippen molar-refractivity contribution < 1.29 is 23.7 Å². The molecule has 5 rings (SSSR count). The largest absolute Gasteiger partial charge is 0.490 e. The molecule has 0 amide bonds. The van der Waals surface area contributed by atoms with Gasteiger partial charge < -0.3 is 18.9 Å². The van der Waals surface area contributed by atoms with Crippen LogP contribution in [-0.4, -0.2) is 43.1 Å². The van der Waals surface area contributed by atoms with Gasteiger partial charge in [-0.05, 0) is 56.9 Å². The first-order chi connectivity index (χ1) is 18.8. The van der Waals surface area contributed by atoms with E-state index < -0.39 is 5.97 Å². The summed E-state index contributed by atoms with van der Waals surface area (Å²) in [4.78, 5) is 25.8. The number of carbonyl (C=O) groups excluding carboxylic acids is 1. The van der Waals surface area contributed by atoms with Gasteiger partial charge in [-0.1, -0.05) is 30.3 Å². The number of nitrogens with zero attached hydrogens (tertiary/aromatic N) is 2. The van der Waals surface area contributed by atoms with Crippen molar-refractivity contribution in [2.45, 2.75) is 58.2 Å². The number of carbonyl (C=O) groups is 1. The molecule has 0 radical (unpaired) electrons. The van der Waals surface area contributed by atoms with Gasteiger partial charge in [-0.25, -0.2) is 4.79 Å². The van der Waals surface area contributed by atoms with E-state index in [0.29, 0.717) is 37.0 Å². The van der Waals surface area contributed by atoms with Gasteiger partial charge in [0.15, 0.2) is 16.9 Å². The first-order valence-corrected chi connectivity index (χ1v) is 13.5. The zero-order valence-corrected chi connectivity index (χ0v) is 23.1. The Balaban J connectivity index is 1.62. The third kappa shape index (κ3) is 5.26. The standard InChI is InChI=1S/C31H36N2O6/c1-5-37-30(35)24-19-32-26(18-27(24)34)23-17-29(39-20-21-10-7-6-8-11-21)28(38-15-9-14-36-4)16-22(23)25-12-13-31(2,3)33(25)32/h6-8,10-11,16-19,25H,5,9,12-15,20H2,1-4H3. The molecule has 1 unspecified atom stereocenters. The van der Waals surface area contributed by atoms with E-state index in [1.54, 1.807) is 20.2 Å². The number of hydrogen-bond acceptors (Lipinski definition) is 7. The van der Waals surface area contributed by atoms with Gasteiger partial charge in [0.05, 0.1) is 30.5 Å². The van der Waals surface area contributed by atoms with Crippen LogP contribution in [0.15, 0.2) is 59.5 Å². The second kappa shape index (κ2) is 11.1. The van der Waals surface area contributed by atoms with E-state index in [-0.39, 0.29) is 29.2 Å². The summed E-state index contributed by atoms with van der Waals surface area (Å²) in [5, 5.41) is 2.27. The summed E-state index contributed by atoms with van der Waals surface area (Å²) in [5.74, 6) is 0.669. The Morgan fingerprint density at radius 1 is 1.05 bits per heavy atom. The van der Waals surface area contributed by atoms with Gasteiger partial charge in [0.25, 0.3) is 0 Å². The lowest BCUT2D eigenvalue weighted by atomic mass is 9.93. The molecule has 2 aromatic carbocycles. The Labute approximate surface area is 229 Å². The number of ether oxygens (including phenoxy) is 4. The van der Waals surface area contributed by atoms with Crippen LogP contribution in [0.3, 0.4) is 0 Å². The van der Waals surface area contributed by atoms with Gasteiger partial charge in [-0.15, -0.1) is 0 Å². The molecule has 206 valence electrons. The summed E-state index contributed by atoms with van der Waals surface area (Å²) >= 11 is 0. The van der Waals surface area contributed by atoms with Crippen LogP contribution in [-0.2, 0) is 16.1 Å². The van der Waals surface area contributed by atoms with E-state index in [9.17, 15) is 9.59 Å². The molecule has 8 nitrogen and oxygen atoms in total. The highest BCUT2D eigenvalue weighted by molar-refractivity contribution is 5.89. The smallest absolute Gasteiger partial charge is 0.343 e. The Kier molecular flexibility index (Phi) is 7.66. The highest BCUT2D eigenvalue weighted by Gasteiger charge is 2.45. The Morgan fingerprint density at radius 3 is 2.56 bits per heavy atom. The van der Waals surface area contributed by atoms with Crippen molar-refractivity contribution >= 4 is 5.97 Å². The maximum absolute atomic E-state index is 13.1. The number of aromatic nitrogens is 1. The predicted molar refractivity (Wildman–Crippen MR) is 149 cm³/mol. The van der Waals surface area contributed by atoms with Crippen molar-refractivity contribution in [3.63, 3.8) is 0 Å². The first-order valence-electron chi connectivity index (χ1n) is 13.5. The zero-order valence-electron chi connectivity index (χ0n) is 23.1. The third-order valence-electron chi connectivity index (χ3n) is 7.44. The van der Waals surface area contributed by atoms with E-state index in [1.807, 2.05) is 41.1 Å². The van der Waals surface area contributed by atoms with Gasteiger partial charge in [0.1, 0.15) is 12.2 Å². The van der Waals surface area contributed by atoms with Gasteiger partial charge in [-0.2, -0.15) is 0 Å². The molecule has 0 aliphatic carbocycles. The normalized spacial score (nSPS) is 16.7. The second-order valence-corrected chi connectivity index (χ2v) is 10.6. The van der Waals surface area contributed by atoms with E-state index in [1.165, 1.54) is 6.07 Å². The van der Waals surface area contributed by atoms with Crippen LogP contribution >= 0.6 is 0 Å². The molecule has 0 saturated carbocycles. The van der Waals surface area contributed by atoms with Crippen LogP contribution in [0, 0.1) is 0 Å². The fourth-order valence-corrected chi connectivity index (χ4v) is 5.56. The van der Waals surface area contributed by atoms with Crippen molar-refractivity contribution in [3.05, 3.63) is 81.6 Å². The number of hydrogen-bond donors (Lipinski definition) is 0. The van der Waals surface area contributed by atoms with Crippen LogP contribution in [0.2, 0.25) is 0 Å². The second-order valence-electron chi connectivity index (χ2n) is 10.6. The maximum Gasteiger partial charge on any atom is 0.343 e. The lowest BCUT2D eigenvalue weighted by molar-refractivity contribution is 0.0523. The van der Waals surface area contributed by atoms with E-state index in [4.69, 9.17) is 18.9 Å². The number of methoxy groups -OCH3 is 1. The lowest BCUT2D eigenvalue weighted by Crippen LogP contribution is -2.50. The van der Waals surface area contributed by atoms with Crippen LogP contribution in [0.25, 0.3) is 11.3 Å². The average Bonchev–Trinajstić information content (AvgIpc) is 3.25. The SMILES string of the molecule is CCOC(=O)c1cn2c(cc1=O)-c1cc(OCc3ccccc3)c(OCCCOC)cc1C1CCC(C)(C)N12. The molecule has 2 aliphatic rings. The first kappa shape index (κ1) is 26.8. The molecule has 1 fully saturated rings. The molecule has 1 atom stereocenters. The zero-order chi connectivity index (χ0) is 27.6. The van der Waals surface area contributed by atoms with Crippen LogP contribution in [0.1, 0.15) is 67.6 Å². The fraction of sp³-hybridized carbons (Fsp3) is 0.419. The van der Waals surface area contributed by atoms with E-state index in [0.717, 1.165) is 36.0 Å². The lowest BCUT2D eigenvalue weighted by Gasteiger charge is -2.44. The van der Waals surface area contributed by atoms with E-state index >= 15 is 0 Å². The van der Waals surface area contributed by atoms with Crippen molar-refractivity contribution in [1.82, 2.24) is 4.68 Å². The minimum atomic E-state index is -0.608. The van der Waals surface area contributed by atoms with Crippen molar-refractivity contribution in [1.29, 1.82) is 0 Å².